The fourth-order valence-electron chi connectivity index (χ4n) is 1.36. The Balaban J connectivity index is 2.67. The Morgan fingerprint density at radius 3 is 2.88 bits per heavy atom. The van der Waals surface area contributed by atoms with E-state index in [1.807, 2.05) is 0 Å². The lowest BCUT2D eigenvalue weighted by atomic mass is 10.3. The van der Waals surface area contributed by atoms with Gasteiger partial charge in [0.25, 0.3) is 0 Å². The molecule has 6 nitrogen and oxygen atoms in total. The van der Waals surface area contributed by atoms with Crippen molar-refractivity contribution in [3.05, 3.63) is 39.8 Å². The normalized spacial score (nSPS) is 10.4. The van der Waals surface area contributed by atoms with Crippen LogP contribution in [0.4, 0.5) is 5.00 Å². The van der Waals surface area contributed by atoms with Crippen molar-refractivity contribution in [2.24, 2.45) is 0 Å². The number of hydrogen-bond donors (Lipinski definition) is 1. The summed E-state index contributed by atoms with van der Waals surface area (Å²) in [6.45, 7) is 4.22. The van der Waals surface area contributed by atoms with Crippen LogP contribution in [0.15, 0.2) is 24.1 Å². The molecule has 0 aliphatic heterocycles. The maximum absolute atomic E-state index is 10.6. The van der Waals surface area contributed by atoms with Gasteiger partial charge in [-0.05, 0) is 5.56 Å². The molecule has 0 amide bonds. The molecule has 0 spiro atoms. The molecule has 0 saturated heterocycles. The third-order valence-corrected chi connectivity index (χ3v) is 2.90. The molecule has 1 N–H and O–H groups in total. The predicted molar refractivity (Wildman–Crippen MR) is 64.1 cm³/mol. The smallest absolute Gasteiger partial charge is 0.324 e. The lowest BCUT2D eigenvalue weighted by Crippen LogP contribution is -2.29. The third kappa shape index (κ3) is 4.33. The highest BCUT2D eigenvalue weighted by Crippen LogP contribution is 2.23. The van der Waals surface area contributed by atoms with Crippen molar-refractivity contribution >= 4 is 22.3 Å². The zero-order valence-electron chi connectivity index (χ0n) is 9.04. The average Bonchev–Trinajstić information content (AvgIpc) is 2.65. The van der Waals surface area contributed by atoms with E-state index in [-0.39, 0.29) is 11.5 Å². The molecule has 0 aliphatic carbocycles. The molecule has 1 rings (SSSR count). The van der Waals surface area contributed by atoms with Gasteiger partial charge in [0.1, 0.15) is 0 Å². The van der Waals surface area contributed by atoms with E-state index < -0.39 is 10.9 Å². The summed E-state index contributed by atoms with van der Waals surface area (Å²) in [5.41, 5.74) is 0.741. The maximum Gasteiger partial charge on any atom is 0.324 e. The van der Waals surface area contributed by atoms with Gasteiger partial charge in [-0.2, -0.15) is 0 Å². The molecule has 0 fully saturated rings. The Kier molecular flexibility index (Phi) is 4.80. The van der Waals surface area contributed by atoms with Gasteiger partial charge in [0.05, 0.1) is 11.5 Å². The molecule has 0 radical (unpaired) electrons. The predicted octanol–water partition coefficient (Wildman–Crippen LogP) is 1.73. The summed E-state index contributed by atoms with van der Waals surface area (Å²) in [4.78, 5) is 22.3. The standard InChI is InChI=1S/C10H12N2O4S/c1-2-3-11(6-10(13)14)5-8-4-9(12(15)16)17-7-8/h2,4,7H,1,3,5-6H2,(H,13,14). The summed E-state index contributed by atoms with van der Waals surface area (Å²) in [7, 11) is 0. The molecule has 1 aromatic heterocycles. The van der Waals surface area contributed by atoms with Crippen LogP contribution in [0.5, 0.6) is 0 Å². The summed E-state index contributed by atoms with van der Waals surface area (Å²) < 4.78 is 0. The van der Waals surface area contributed by atoms with E-state index in [1.54, 1.807) is 16.4 Å². The summed E-state index contributed by atoms with van der Waals surface area (Å²) in [5, 5.41) is 20.9. The van der Waals surface area contributed by atoms with E-state index in [2.05, 4.69) is 6.58 Å². The molecule has 1 heterocycles. The van der Waals surface area contributed by atoms with Crippen molar-refractivity contribution in [1.82, 2.24) is 4.90 Å². The van der Waals surface area contributed by atoms with Crippen LogP contribution in [0.2, 0.25) is 0 Å². The molecule has 0 saturated carbocycles. The molecule has 7 heteroatoms. The van der Waals surface area contributed by atoms with Crippen molar-refractivity contribution < 1.29 is 14.8 Å². The molecule has 17 heavy (non-hydrogen) atoms. The average molecular weight is 256 g/mol. The van der Waals surface area contributed by atoms with Crippen molar-refractivity contribution in [2.75, 3.05) is 13.1 Å². The minimum absolute atomic E-state index is 0.0638. The van der Waals surface area contributed by atoms with E-state index in [0.29, 0.717) is 13.1 Å². The molecule has 0 atom stereocenters. The summed E-state index contributed by atoms with van der Waals surface area (Å²) in [6, 6.07) is 1.46. The van der Waals surface area contributed by atoms with Crippen molar-refractivity contribution in [3.8, 4) is 0 Å². The molecular formula is C10H12N2O4S. The molecule has 92 valence electrons. The van der Waals surface area contributed by atoms with Crippen LogP contribution in [0.1, 0.15) is 5.56 Å². The first-order valence-corrected chi connectivity index (χ1v) is 5.67. The second-order valence-corrected chi connectivity index (χ2v) is 4.29. The van der Waals surface area contributed by atoms with Crippen molar-refractivity contribution in [2.45, 2.75) is 6.54 Å². The second kappa shape index (κ2) is 6.12. The van der Waals surface area contributed by atoms with Crippen LogP contribution in [-0.2, 0) is 11.3 Å². The van der Waals surface area contributed by atoms with Crippen molar-refractivity contribution in [1.29, 1.82) is 0 Å². The van der Waals surface area contributed by atoms with Gasteiger partial charge in [0.15, 0.2) is 0 Å². The lowest BCUT2D eigenvalue weighted by molar-refractivity contribution is -0.380. The SMILES string of the molecule is C=CCN(CC(=O)O)Cc1csc([N+](=O)[O-])c1. The zero-order valence-corrected chi connectivity index (χ0v) is 9.85. The number of hydrogen-bond acceptors (Lipinski definition) is 5. The fraction of sp³-hybridized carbons (Fsp3) is 0.300. The molecular weight excluding hydrogens is 244 g/mol. The summed E-state index contributed by atoms with van der Waals surface area (Å²) in [5.74, 6) is -0.934. The first kappa shape index (κ1) is 13.3. The lowest BCUT2D eigenvalue weighted by Gasteiger charge is -2.16. The first-order valence-electron chi connectivity index (χ1n) is 4.79. The highest BCUT2D eigenvalue weighted by atomic mass is 32.1. The number of carbonyl (C=O) groups is 1. The van der Waals surface area contributed by atoms with Gasteiger partial charge in [-0.3, -0.25) is 19.8 Å². The van der Waals surface area contributed by atoms with Crippen LogP contribution < -0.4 is 0 Å². The third-order valence-electron chi connectivity index (χ3n) is 1.97. The number of nitro groups is 1. The highest BCUT2D eigenvalue weighted by Gasteiger charge is 2.13. The minimum Gasteiger partial charge on any atom is -0.480 e. The number of carboxylic acid groups (broad SMARTS) is 1. The first-order chi connectivity index (χ1) is 8.02. The Bertz CT molecular complexity index is 430. The molecule has 0 aliphatic rings. The number of thiophene rings is 1. The van der Waals surface area contributed by atoms with Crippen LogP contribution in [-0.4, -0.2) is 34.0 Å². The number of rotatable bonds is 7. The monoisotopic (exact) mass is 256 g/mol. The minimum atomic E-state index is -0.934. The van der Waals surface area contributed by atoms with Gasteiger partial charge < -0.3 is 5.11 Å². The van der Waals surface area contributed by atoms with E-state index in [0.717, 1.165) is 16.9 Å². The fourth-order valence-corrected chi connectivity index (χ4v) is 2.08. The topological polar surface area (TPSA) is 83.7 Å². The Labute approximate surface area is 102 Å². The molecule has 1 aromatic rings. The Morgan fingerprint density at radius 2 is 2.41 bits per heavy atom. The molecule has 0 bridgehead atoms. The Hall–Kier alpha value is -1.73. The van der Waals surface area contributed by atoms with E-state index in [4.69, 9.17) is 5.11 Å². The van der Waals surface area contributed by atoms with E-state index in [1.165, 1.54) is 6.07 Å². The molecule has 0 unspecified atom stereocenters. The summed E-state index contributed by atoms with van der Waals surface area (Å²) >= 11 is 1.04. The second-order valence-electron chi connectivity index (χ2n) is 3.40. The molecule has 0 aromatic carbocycles. The van der Waals surface area contributed by atoms with Gasteiger partial charge in [-0.1, -0.05) is 17.4 Å². The van der Waals surface area contributed by atoms with Crippen molar-refractivity contribution in [3.63, 3.8) is 0 Å². The summed E-state index contributed by atoms with van der Waals surface area (Å²) in [6.07, 6.45) is 1.60. The van der Waals surface area contributed by atoms with Gasteiger partial charge in [0.2, 0.25) is 0 Å². The van der Waals surface area contributed by atoms with Gasteiger partial charge in [-0.25, -0.2) is 0 Å². The van der Waals surface area contributed by atoms with Crippen LogP contribution >= 0.6 is 11.3 Å². The van der Waals surface area contributed by atoms with Gasteiger partial charge >= 0.3 is 11.0 Å². The quantitative estimate of drug-likeness (QED) is 0.456. The largest absolute Gasteiger partial charge is 0.480 e. The van der Waals surface area contributed by atoms with Gasteiger partial charge in [-0.15, -0.1) is 6.58 Å². The van der Waals surface area contributed by atoms with Gasteiger partial charge in [0, 0.05) is 24.5 Å². The number of carboxylic acids is 1. The Morgan fingerprint density at radius 1 is 1.71 bits per heavy atom. The van der Waals surface area contributed by atoms with Crippen LogP contribution in [0.25, 0.3) is 0 Å². The zero-order chi connectivity index (χ0) is 12.8. The van der Waals surface area contributed by atoms with Crippen LogP contribution in [0.3, 0.4) is 0 Å². The maximum atomic E-state index is 10.6. The highest BCUT2D eigenvalue weighted by molar-refractivity contribution is 7.13. The van der Waals surface area contributed by atoms with E-state index >= 15 is 0 Å². The number of nitrogens with zero attached hydrogens (tertiary/aromatic N) is 2. The number of aliphatic carboxylic acids is 1. The van der Waals surface area contributed by atoms with Crippen LogP contribution in [0, 0.1) is 10.1 Å². The van der Waals surface area contributed by atoms with E-state index in [9.17, 15) is 14.9 Å².